The molecule has 0 radical (unpaired) electrons. The molecule has 0 N–H and O–H groups in total. The Kier molecular flexibility index (Phi) is 6.14. The zero-order valence-electron chi connectivity index (χ0n) is 10.4. The van der Waals surface area contributed by atoms with Crippen LogP contribution in [0.2, 0.25) is 5.15 Å². The summed E-state index contributed by atoms with van der Waals surface area (Å²) in [4.78, 5) is 19.4. The van der Waals surface area contributed by atoms with Gasteiger partial charge in [0.25, 0.3) is 0 Å². The molecule has 0 bridgehead atoms. The van der Waals surface area contributed by atoms with Gasteiger partial charge in [0.2, 0.25) is 0 Å². The number of aromatic nitrogens is 1. The Morgan fingerprint density at radius 3 is 2.72 bits per heavy atom. The number of aliphatic imine (C=N–C) groups is 1. The second kappa shape index (κ2) is 7.66. The van der Waals surface area contributed by atoms with Crippen LogP contribution in [0.5, 0.6) is 0 Å². The molecule has 1 heterocycles. The number of hydrogen-bond donors (Lipinski definition) is 0. The molecular weight excluding hydrogens is 256 g/mol. The molecule has 5 nitrogen and oxygen atoms in total. The van der Waals surface area contributed by atoms with E-state index in [0.717, 1.165) is 0 Å². The first kappa shape index (κ1) is 14.4. The number of hydrogen-bond acceptors (Lipinski definition) is 5. The second-order valence-electron chi connectivity index (χ2n) is 3.23. The fourth-order valence-electron chi connectivity index (χ4n) is 1.22. The molecule has 0 atom stereocenters. The summed E-state index contributed by atoms with van der Waals surface area (Å²) in [5.74, 6) is -0.115. The quantitative estimate of drug-likeness (QED) is 0.357. The lowest BCUT2D eigenvalue weighted by Gasteiger charge is -2.07. The SMILES string of the molecule is CCOC(=O)CC(=Nc1cccnc1Cl)OCC. The van der Waals surface area contributed by atoms with Crippen LogP contribution in [0.3, 0.4) is 0 Å². The third-order valence-electron chi connectivity index (χ3n) is 1.90. The van der Waals surface area contributed by atoms with Crippen LogP contribution in [0.25, 0.3) is 0 Å². The highest BCUT2D eigenvalue weighted by atomic mass is 35.5. The summed E-state index contributed by atoms with van der Waals surface area (Å²) in [6.45, 7) is 4.29. The van der Waals surface area contributed by atoms with Gasteiger partial charge in [-0.2, -0.15) is 0 Å². The minimum Gasteiger partial charge on any atom is -0.481 e. The van der Waals surface area contributed by atoms with Crippen LogP contribution in [0.4, 0.5) is 5.69 Å². The number of esters is 1. The molecular formula is C12H15ClN2O3. The zero-order valence-corrected chi connectivity index (χ0v) is 11.1. The Morgan fingerprint density at radius 1 is 1.39 bits per heavy atom. The molecule has 0 spiro atoms. The van der Waals surface area contributed by atoms with Crippen LogP contribution in [0.1, 0.15) is 20.3 Å². The van der Waals surface area contributed by atoms with Crippen molar-refractivity contribution in [1.29, 1.82) is 0 Å². The first-order valence-electron chi connectivity index (χ1n) is 5.63. The minimum atomic E-state index is -0.385. The van der Waals surface area contributed by atoms with E-state index in [2.05, 4.69) is 9.98 Å². The van der Waals surface area contributed by atoms with Gasteiger partial charge in [0.15, 0.2) is 11.1 Å². The van der Waals surface area contributed by atoms with Gasteiger partial charge in [0, 0.05) is 6.20 Å². The Morgan fingerprint density at radius 2 is 2.11 bits per heavy atom. The molecule has 0 fully saturated rings. The second-order valence-corrected chi connectivity index (χ2v) is 3.59. The molecule has 0 saturated heterocycles. The lowest BCUT2D eigenvalue weighted by molar-refractivity contribution is -0.141. The standard InChI is InChI=1S/C12H15ClN2O3/c1-3-17-10(8-11(16)18-4-2)15-9-6-5-7-14-12(9)13/h5-7H,3-4,8H2,1-2H3. The maximum Gasteiger partial charge on any atom is 0.315 e. The molecule has 0 aliphatic carbocycles. The summed E-state index contributed by atoms with van der Waals surface area (Å²) >= 11 is 5.88. The highest BCUT2D eigenvalue weighted by Gasteiger charge is 2.10. The van der Waals surface area contributed by atoms with Crippen LogP contribution in [0.15, 0.2) is 23.3 Å². The molecule has 0 aliphatic heterocycles. The molecule has 1 aromatic rings. The fraction of sp³-hybridized carbons (Fsp3) is 0.417. The number of nitrogens with zero attached hydrogens (tertiary/aromatic N) is 2. The van der Waals surface area contributed by atoms with Gasteiger partial charge in [-0.3, -0.25) is 4.79 Å². The predicted molar refractivity (Wildman–Crippen MR) is 69.2 cm³/mol. The van der Waals surface area contributed by atoms with Crippen molar-refractivity contribution in [2.24, 2.45) is 4.99 Å². The van der Waals surface area contributed by atoms with E-state index in [1.807, 2.05) is 6.92 Å². The van der Waals surface area contributed by atoms with Crippen molar-refractivity contribution < 1.29 is 14.3 Å². The molecule has 0 unspecified atom stereocenters. The van der Waals surface area contributed by atoms with Gasteiger partial charge in [-0.15, -0.1) is 0 Å². The van der Waals surface area contributed by atoms with E-state index in [4.69, 9.17) is 21.1 Å². The van der Waals surface area contributed by atoms with Crippen LogP contribution in [-0.4, -0.2) is 30.1 Å². The highest BCUT2D eigenvalue weighted by Crippen LogP contribution is 2.21. The van der Waals surface area contributed by atoms with E-state index in [1.54, 1.807) is 25.3 Å². The molecule has 6 heteroatoms. The van der Waals surface area contributed by atoms with Gasteiger partial charge in [-0.25, -0.2) is 9.98 Å². The monoisotopic (exact) mass is 270 g/mol. The largest absolute Gasteiger partial charge is 0.481 e. The summed E-state index contributed by atoms with van der Waals surface area (Å²) in [6.07, 6.45) is 1.54. The molecule has 98 valence electrons. The topological polar surface area (TPSA) is 60.8 Å². The van der Waals surface area contributed by atoms with Crippen molar-refractivity contribution in [3.05, 3.63) is 23.5 Å². The fourth-order valence-corrected chi connectivity index (χ4v) is 1.38. The Bertz CT molecular complexity index is 435. The van der Waals surface area contributed by atoms with Crippen molar-refractivity contribution in [3.63, 3.8) is 0 Å². The van der Waals surface area contributed by atoms with Crippen LogP contribution >= 0.6 is 11.6 Å². The van der Waals surface area contributed by atoms with Crippen LogP contribution in [-0.2, 0) is 14.3 Å². The third-order valence-corrected chi connectivity index (χ3v) is 2.19. The van der Waals surface area contributed by atoms with Gasteiger partial charge in [0.05, 0.1) is 13.2 Å². The summed E-state index contributed by atoms with van der Waals surface area (Å²) in [6, 6.07) is 3.40. The van der Waals surface area contributed by atoms with Gasteiger partial charge in [-0.1, -0.05) is 11.6 Å². The average molecular weight is 271 g/mol. The van der Waals surface area contributed by atoms with E-state index in [0.29, 0.717) is 18.9 Å². The summed E-state index contributed by atoms with van der Waals surface area (Å²) in [7, 11) is 0. The smallest absolute Gasteiger partial charge is 0.315 e. The number of carbonyl (C=O) groups is 1. The Balaban J connectivity index is 2.84. The van der Waals surface area contributed by atoms with Gasteiger partial charge < -0.3 is 9.47 Å². The molecule has 0 aromatic carbocycles. The van der Waals surface area contributed by atoms with Crippen molar-refractivity contribution in [1.82, 2.24) is 4.98 Å². The normalized spacial score (nSPS) is 11.2. The molecule has 1 rings (SSSR count). The number of halogens is 1. The number of pyridine rings is 1. The molecule has 1 aromatic heterocycles. The van der Waals surface area contributed by atoms with Crippen molar-refractivity contribution >= 4 is 29.2 Å². The van der Waals surface area contributed by atoms with Gasteiger partial charge >= 0.3 is 5.97 Å². The van der Waals surface area contributed by atoms with Crippen LogP contribution in [0, 0.1) is 0 Å². The number of carbonyl (C=O) groups excluding carboxylic acids is 1. The summed E-state index contributed by atoms with van der Waals surface area (Å²) in [5.41, 5.74) is 0.465. The van der Waals surface area contributed by atoms with E-state index in [1.165, 1.54) is 0 Å². The minimum absolute atomic E-state index is 0.0209. The van der Waals surface area contributed by atoms with E-state index in [9.17, 15) is 4.79 Å². The van der Waals surface area contributed by atoms with Gasteiger partial charge in [0.1, 0.15) is 12.1 Å². The average Bonchev–Trinajstić information content (AvgIpc) is 2.32. The number of rotatable bonds is 5. The zero-order chi connectivity index (χ0) is 13.4. The molecule has 0 amide bonds. The highest BCUT2D eigenvalue weighted by molar-refractivity contribution is 6.31. The first-order chi connectivity index (χ1) is 8.67. The lowest BCUT2D eigenvalue weighted by Crippen LogP contribution is -2.14. The maximum absolute atomic E-state index is 11.4. The number of ether oxygens (including phenoxy) is 2. The predicted octanol–water partition coefficient (Wildman–Crippen LogP) is 2.75. The van der Waals surface area contributed by atoms with E-state index < -0.39 is 0 Å². The van der Waals surface area contributed by atoms with E-state index >= 15 is 0 Å². The summed E-state index contributed by atoms with van der Waals surface area (Å²) in [5, 5.41) is 0.263. The maximum atomic E-state index is 11.4. The van der Waals surface area contributed by atoms with Crippen molar-refractivity contribution in [2.75, 3.05) is 13.2 Å². The van der Waals surface area contributed by atoms with Crippen LogP contribution < -0.4 is 0 Å². The molecule has 0 saturated carbocycles. The van der Waals surface area contributed by atoms with E-state index in [-0.39, 0.29) is 23.4 Å². The van der Waals surface area contributed by atoms with Crippen molar-refractivity contribution in [2.45, 2.75) is 20.3 Å². The third kappa shape index (κ3) is 4.71. The Labute approximate surface area is 111 Å². The molecule has 0 aliphatic rings. The summed E-state index contributed by atoms with van der Waals surface area (Å²) < 4.78 is 10.1. The van der Waals surface area contributed by atoms with Crippen molar-refractivity contribution in [3.8, 4) is 0 Å². The molecule has 18 heavy (non-hydrogen) atoms. The van der Waals surface area contributed by atoms with Gasteiger partial charge in [-0.05, 0) is 26.0 Å². The lowest BCUT2D eigenvalue weighted by atomic mass is 10.4. The first-order valence-corrected chi connectivity index (χ1v) is 6.01. The Hall–Kier alpha value is -1.62.